The van der Waals surface area contributed by atoms with Gasteiger partial charge in [-0.2, -0.15) is 0 Å². The molecule has 144 valence electrons. The van der Waals surface area contributed by atoms with E-state index in [9.17, 15) is 19.7 Å². The van der Waals surface area contributed by atoms with Crippen LogP contribution in [0.25, 0.3) is 0 Å². The second-order valence-corrected chi connectivity index (χ2v) is 8.05. The molecule has 0 heterocycles. The van der Waals surface area contributed by atoms with Crippen LogP contribution in [0.2, 0.25) is 0 Å². The summed E-state index contributed by atoms with van der Waals surface area (Å²) in [4.78, 5) is 35.7. The van der Waals surface area contributed by atoms with Crippen molar-refractivity contribution in [3.63, 3.8) is 0 Å². The fourth-order valence-corrected chi connectivity index (χ4v) is 2.31. The number of hydrogen-bond acceptors (Lipinski definition) is 6. The molecule has 0 fully saturated rings. The van der Waals surface area contributed by atoms with E-state index in [1.807, 2.05) is 0 Å². The van der Waals surface area contributed by atoms with Crippen molar-refractivity contribution in [2.45, 2.75) is 53.2 Å². The first-order valence-corrected chi connectivity index (χ1v) is 8.26. The van der Waals surface area contributed by atoms with Crippen LogP contribution in [0.3, 0.4) is 0 Å². The number of nitro benzene ring substituents is 1. The van der Waals surface area contributed by atoms with E-state index in [1.54, 1.807) is 48.6 Å². The highest BCUT2D eigenvalue weighted by molar-refractivity contribution is 6.03. The van der Waals surface area contributed by atoms with E-state index in [0.717, 1.165) is 0 Å². The van der Waals surface area contributed by atoms with E-state index in [2.05, 4.69) is 10.6 Å². The molecule has 0 bridgehead atoms. The van der Waals surface area contributed by atoms with Crippen molar-refractivity contribution in [2.75, 3.05) is 12.4 Å². The average Bonchev–Trinajstić information content (AvgIpc) is 2.48. The average molecular weight is 365 g/mol. The van der Waals surface area contributed by atoms with Gasteiger partial charge >= 0.3 is 6.09 Å². The molecule has 2 N–H and O–H groups in total. The third-order valence-electron chi connectivity index (χ3n) is 3.54. The van der Waals surface area contributed by atoms with Crippen LogP contribution < -0.4 is 10.6 Å². The Morgan fingerprint density at radius 1 is 1.15 bits per heavy atom. The van der Waals surface area contributed by atoms with Crippen molar-refractivity contribution in [2.24, 2.45) is 5.41 Å². The van der Waals surface area contributed by atoms with Crippen LogP contribution in [0.15, 0.2) is 18.2 Å². The molecular formula is C18H27N3O5. The van der Waals surface area contributed by atoms with Crippen LogP contribution in [0, 0.1) is 15.5 Å². The number of nitrogens with zero attached hydrogens (tertiary/aromatic N) is 1. The molecule has 0 spiro atoms. The summed E-state index contributed by atoms with van der Waals surface area (Å²) >= 11 is 0. The van der Waals surface area contributed by atoms with Gasteiger partial charge in [-0.3, -0.25) is 14.9 Å². The molecule has 0 aliphatic carbocycles. The summed E-state index contributed by atoms with van der Waals surface area (Å²) in [5, 5.41) is 16.5. The Hall–Kier alpha value is -2.64. The number of ketones is 1. The number of carbonyl (C=O) groups excluding carboxylic acids is 2. The minimum absolute atomic E-state index is 0.145. The number of ether oxygens (including phenoxy) is 1. The molecule has 0 unspecified atom stereocenters. The third-order valence-corrected chi connectivity index (χ3v) is 3.54. The SMILES string of the molecule is CNc1ccc(C(=O)[C@@H](NC(=O)OC(C)(C)C)C(C)(C)C)cc1[N+](=O)[O-]. The van der Waals surface area contributed by atoms with E-state index in [4.69, 9.17) is 4.74 Å². The molecule has 8 heteroatoms. The van der Waals surface area contributed by atoms with E-state index >= 15 is 0 Å². The van der Waals surface area contributed by atoms with Gasteiger partial charge in [-0.15, -0.1) is 0 Å². The maximum atomic E-state index is 13.0. The van der Waals surface area contributed by atoms with Crippen molar-refractivity contribution in [1.82, 2.24) is 5.32 Å². The molecule has 26 heavy (non-hydrogen) atoms. The molecule has 1 aromatic carbocycles. The van der Waals surface area contributed by atoms with Crippen LogP contribution in [0.1, 0.15) is 51.9 Å². The standard InChI is InChI=1S/C18H27N3O5/c1-17(2,3)15(20-16(23)26-18(4,5)6)14(22)11-8-9-12(19-7)13(10-11)21(24)25/h8-10,15,19H,1-7H3,(H,20,23)/t15-/m1/s1. The number of benzene rings is 1. The van der Waals surface area contributed by atoms with Crippen molar-refractivity contribution >= 4 is 23.3 Å². The number of amides is 1. The summed E-state index contributed by atoms with van der Waals surface area (Å²) in [6.45, 7) is 10.6. The molecule has 0 aromatic heterocycles. The Bertz CT molecular complexity index is 702. The lowest BCUT2D eigenvalue weighted by Crippen LogP contribution is -2.50. The summed E-state index contributed by atoms with van der Waals surface area (Å²) in [6, 6.07) is 3.27. The van der Waals surface area contributed by atoms with Gasteiger partial charge in [0, 0.05) is 18.7 Å². The van der Waals surface area contributed by atoms with Crippen LogP contribution in [-0.4, -0.2) is 35.5 Å². The molecular weight excluding hydrogens is 338 g/mol. The molecule has 1 aromatic rings. The summed E-state index contributed by atoms with van der Waals surface area (Å²) < 4.78 is 5.23. The highest BCUT2D eigenvalue weighted by atomic mass is 16.6. The maximum absolute atomic E-state index is 13.0. The normalized spacial score (nSPS) is 12.9. The molecule has 1 amide bonds. The number of Topliss-reactive ketones (excluding diaryl/α,β-unsaturated/α-hetero) is 1. The Labute approximate surface area is 153 Å². The minimum atomic E-state index is -0.905. The molecule has 0 saturated heterocycles. The second-order valence-electron chi connectivity index (χ2n) is 8.05. The van der Waals surface area contributed by atoms with Gasteiger partial charge in [0.1, 0.15) is 17.3 Å². The monoisotopic (exact) mass is 365 g/mol. The Kier molecular flexibility index (Phi) is 6.35. The molecule has 0 aliphatic heterocycles. The summed E-state index contributed by atoms with van der Waals surface area (Å²) in [6.07, 6.45) is -0.716. The maximum Gasteiger partial charge on any atom is 0.408 e. The quantitative estimate of drug-likeness (QED) is 0.467. The minimum Gasteiger partial charge on any atom is -0.444 e. The summed E-state index contributed by atoms with van der Waals surface area (Å²) in [5.74, 6) is -0.422. The number of nitro groups is 1. The van der Waals surface area contributed by atoms with E-state index in [0.29, 0.717) is 5.69 Å². The summed E-state index contributed by atoms with van der Waals surface area (Å²) in [5.41, 5.74) is -1.08. The van der Waals surface area contributed by atoms with Crippen LogP contribution in [0.4, 0.5) is 16.2 Å². The summed E-state index contributed by atoms with van der Waals surface area (Å²) in [7, 11) is 1.56. The van der Waals surface area contributed by atoms with Crippen LogP contribution in [0.5, 0.6) is 0 Å². The molecule has 0 aliphatic rings. The van der Waals surface area contributed by atoms with Crippen LogP contribution >= 0.6 is 0 Å². The number of hydrogen-bond donors (Lipinski definition) is 2. The topological polar surface area (TPSA) is 111 Å². The Morgan fingerprint density at radius 3 is 2.15 bits per heavy atom. The third kappa shape index (κ3) is 5.72. The van der Waals surface area contributed by atoms with Crippen molar-refractivity contribution < 1.29 is 19.2 Å². The zero-order valence-corrected chi connectivity index (χ0v) is 16.3. The van der Waals surface area contributed by atoms with Crippen molar-refractivity contribution in [3.05, 3.63) is 33.9 Å². The van der Waals surface area contributed by atoms with E-state index < -0.39 is 33.9 Å². The van der Waals surface area contributed by atoms with Gasteiger partial charge in [-0.1, -0.05) is 20.8 Å². The van der Waals surface area contributed by atoms with Gasteiger partial charge < -0.3 is 15.4 Å². The number of rotatable bonds is 5. The first-order valence-electron chi connectivity index (χ1n) is 8.26. The molecule has 0 radical (unpaired) electrons. The smallest absolute Gasteiger partial charge is 0.408 e. The number of nitrogens with one attached hydrogen (secondary N) is 2. The predicted octanol–water partition coefficient (Wildman–Crippen LogP) is 3.76. The fourth-order valence-electron chi connectivity index (χ4n) is 2.31. The molecule has 0 saturated carbocycles. The van der Waals surface area contributed by atoms with Gasteiger partial charge in [-0.05, 0) is 38.3 Å². The molecule has 1 rings (SSSR count). The Balaban J connectivity index is 3.20. The lowest BCUT2D eigenvalue weighted by molar-refractivity contribution is -0.384. The van der Waals surface area contributed by atoms with Gasteiger partial charge in [0.2, 0.25) is 0 Å². The first kappa shape index (κ1) is 21.4. The fraction of sp³-hybridized carbons (Fsp3) is 0.556. The molecule has 1 atom stereocenters. The highest BCUT2D eigenvalue weighted by Crippen LogP contribution is 2.28. The second kappa shape index (κ2) is 7.72. The lowest BCUT2D eigenvalue weighted by atomic mass is 9.82. The van der Waals surface area contributed by atoms with Gasteiger partial charge in [0.25, 0.3) is 5.69 Å². The first-order chi connectivity index (χ1) is 11.8. The zero-order valence-electron chi connectivity index (χ0n) is 16.3. The number of anilines is 1. The zero-order chi connectivity index (χ0) is 20.3. The van der Waals surface area contributed by atoms with E-state index in [1.165, 1.54) is 18.2 Å². The number of carbonyl (C=O) groups is 2. The van der Waals surface area contributed by atoms with Crippen molar-refractivity contribution in [1.29, 1.82) is 0 Å². The largest absolute Gasteiger partial charge is 0.444 e. The number of alkyl carbamates (subject to hydrolysis) is 1. The lowest BCUT2D eigenvalue weighted by Gasteiger charge is -2.31. The van der Waals surface area contributed by atoms with Crippen LogP contribution in [-0.2, 0) is 4.74 Å². The Morgan fingerprint density at radius 2 is 1.73 bits per heavy atom. The van der Waals surface area contributed by atoms with Gasteiger partial charge in [-0.25, -0.2) is 4.79 Å². The van der Waals surface area contributed by atoms with Crippen molar-refractivity contribution in [3.8, 4) is 0 Å². The highest BCUT2D eigenvalue weighted by Gasteiger charge is 2.35. The van der Waals surface area contributed by atoms with Gasteiger partial charge in [0.15, 0.2) is 5.78 Å². The van der Waals surface area contributed by atoms with Gasteiger partial charge in [0.05, 0.1) is 4.92 Å². The molecule has 8 nitrogen and oxygen atoms in total. The predicted molar refractivity (Wildman–Crippen MR) is 99.6 cm³/mol. The van der Waals surface area contributed by atoms with E-state index in [-0.39, 0.29) is 11.3 Å².